The van der Waals surface area contributed by atoms with Gasteiger partial charge >= 0.3 is 0 Å². The van der Waals surface area contributed by atoms with E-state index in [-0.39, 0.29) is 17.4 Å². The lowest BCUT2D eigenvalue weighted by Gasteiger charge is -2.18. The minimum atomic E-state index is -0.498. The van der Waals surface area contributed by atoms with Gasteiger partial charge in [0, 0.05) is 48.4 Å². The number of nitrogens with zero attached hydrogens (tertiary/aromatic N) is 4. The molecule has 0 bridgehead atoms. The number of pyridine rings is 1. The van der Waals surface area contributed by atoms with E-state index >= 15 is 0 Å². The number of carbonyl (C=O) groups excluding carboxylic acids is 1. The number of amides is 1. The van der Waals surface area contributed by atoms with E-state index in [0.717, 1.165) is 22.3 Å². The molecule has 35 heavy (non-hydrogen) atoms. The number of imidazole rings is 1. The van der Waals surface area contributed by atoms with Gasteiger partial charge in [0.05, 0.1) is 22.9 Å². The van der Waals surface area contributed by atoms with Crippen LogP contribution in [0.3, 0.4) is 0 Å². The van der Waals surface area contributed by atoms with Gasteiger partial charge in [0.25, 0.3) is 11.6 Å². The monoisotopic (exact) mass is 467 g/mol. The van der Waals surface area contributed by atoms with E-state index in [1.807, 2.05) is 54.1 Å². The molecule has 9 heteroatoms. The summed E-state index contributed by atoms with van der Waals surface area (Å²) in [6.07, 6.45) is 3.81. The lowest BCUT2D eigenvalue weighted by molar-refractivity contribution is -0.384. The highest BCUT2D eigenvalue weighted by Gasteiger charge is 2.24. The van der Waals surface area contributed by atoms with Crippen LogP contribution in [-0.2, 0) is 13.5 Å². The third kappa shape index (κ3) is 4.51. The van der Waals surface area contributed by atoms with Crippen molar-refractivity contribution in [3.8, 4) is 11.3 Å². The van der Waals surface area contributed by atoms with E-state index in [1.165, 1.54) is 12.1 Å². The van der Waals surface area contributed by atoms with Gasteiger partial charge in [-0.05, 0) is 36.4 Å². The zero-order valence-electron chi connectivity index (χ0n) is 18.8. The average molecular weight is 467 g/mol. The normalized spacial score (nSPS) is 11.9. The van der Waals surface area contributed by atoms with E-state index in [1.54, 1.807) is 30.6 Å². The first-order chi connectivity index (χ1) is 17.0. The molecule has 2 aromatic carbocycles. The second kappa shape index (κ2) is 9.22. The number of nitro groups is 1. The Bertz CT molecular complexity index is 1470. The van der Waals surface area contributed by atoms with Crippen molar-refractivity contribution in [2.75, 3.05) is 0 Å². The Morgan fingerprint density at radius 1 is 1.09 bits per heavy atom. The van der Waals surface area contributed by atoms with Gasteiger partial charge in [-0.1, -0.05) is 24.3 Å². The number of rotatable bonds is 7. The summed E-state index contributed by atoms with van der Waals surface area (Å²) >= 11 is 0. The Morgan fingerprint density at radius 3 is 2.57 bits per heavy atom. The maximum Gasteiger partial charge on any atom is 0.287 e. The average Bonchev–Trinajstić information content (AvgIpc) is 3.48. The van der Waals surface area contributed by atoms with Gasteiger partial charge in [-0.3, -0.25) is 19.9 Å². The molecule has 3 aromatic heterocycles. The number of non-ortho nitro benzene ring substituents is 1. The molecule has 0 radical (unpaired) electrons. The lowest BCUT2D eigenvalue weighted by Crippen LogP contribution is -2.31. The highest BCUT2D eigenvalue weighted by atomic mass is 16.6. The molecule has 1 N–H and O–H groups in total. The third-order valence-electron chi connectivity index (χ3n) is 5.80. The standard InChI is InChI=1S/C26H21N5O4/c1-30-22(17-9-11-20(12-10-17)31(33)34)16-28-25(30)21(15-19-7-4-5-13-27-19)29-26(32)24-14-18-6-2-3-8-23(18)35-24/h2-14,16,21H,15H2,1H3,(H,29,32). The van der Waals surface area contributed by atoms with Crippen molar-refractivity contribution in [1.29, 1.82) is 0 Å². The Balaban J connectivity index is 1.47. The summed E-state index contributed by atoms with van der Waals surface area (Å²) in [5.74, 6) is 0.470. The summed E-state index contributed by atoms with van der Waals surface area (Å²) in [6.45, 7) is 0. The quantitative estimate of drug-likeness (QED) is 0.270. The number of para-hydroxylation sites is 1. The maximum atomic E-state index is 13.2. The first-order valence-corrected chi connectivity index (χ1v) is 11.0. The van der Waals surface area contributed by atoms with E-state index < -0.39 is 11.0 Å². The van der Waals surface area contributed by atoms with Crippen molar-refractivity contribution in [3.05, 3.63) is 113 Å². The molecule has 3 heterocycles. The molecular weight excluding hydrogens is 446 g/mol. The number of nitro benzene ring substituents is 1. The molecule has 5 rings (SSSR count). The fraction of sp³-hybridized carbons (Fsp3) is 0.115. The number of benzene rings is 2. The molecule has 1 amide bonds. The first-order valence-electron chi connectivity index (χ1n) is 11.0. The van der Waals surface area contributed by atoms with E-state index in [9.17, 15) is 14.9 Å². The summed E-state index contributed by atoms with van der Waals surface area (Å²) in [5.41, 5.74) is 2.98. The van der Waals surface area contributed by atoms with Crippen molar-refractivity contribution >= 4 is 22.6 Å². The molecular formula is C26H21N5O4. The highest BCUT2D eigenvalue weighted by Crippen LogP contribution is 2.27. The maximum absolute atomic E-state index is 13.2. The van der Waals surface area contributed by atoms with E-state index in [0.29, 0.717) is 17.8 Å². The predicted molar refractivity (Wildman–Crippen MR) is 130 cm³/mol. The summed E-state index contributed by atoms with van der Waals surface area (Å²) in [6, 6.07) is 20.5. The molecule has 0 aliphatic carbocycles. The Kier molecular flexibility index (Phi) is 5.80. The second-order valence-electron chi connectivity index (χ2n) is 8.06. The van der Waals surface area contributed by atoms with Crippen LogP contribution >= 0.6 is 0 Å². The van der Waals surface area contributed by atoms with Gasteiger partial charge in [0.2, 0.25) is 0 Å². The number of aromatic nitrogens is 3. The zero-order chi connectivity index (χ0) is 24.4. The molecule has 1 unspecified atom stereocenters. The third-order valence-corrected chi connectivity index (χ3v) is 5.80. The topological polar surface area (TPSA) is 116 Å². The smallest absolute Gasteiger partial charge is 0.287 e. The summed E-state index contributed by atoms with van der Waals surface area (Å²) < 4.78 is 7.61. The predicted octanol–water partition coefficient (Wildman–Crippen LogP) is 4.85. The minimum absolute atomic E-state index is 0.0160. The number of carbonyl (C=O) groups is 1. The molecule has 0 fully saturated rings. The molecule has 0 aliphatic rings. The van der Waals surface area contributed by atoms with Gasteiger partial charge in [-0.15, -0.1) is 0 Å². The first kappa shape index (κ1) is 22.0. The largest absolute Gasteiger partial charge is 0.451 e. The summed E-state index contributed by atoms with van der Waals surface area (Å²) in [7, 11) is 1.85. The van der Waals surface area contributed by atoms with Gasteiger partial charge < -0.3 is 14.3 Å². The van der Waals surface area contributed by atoms with Crippen LogP contribution < -0.4 is 5.32 Å². The minimum Gasteiger partial charge on any atom is -0.451 e. The van der Waals surface area contributed by atoms with Crippen LogP contribution in [0.2, 0.25) is 0 Å². The van der Waals surface area contributed by atoms with Gasteiger partial charge in [-0.2, -0.15) is 0 Å². The number of furan rings is 1. The molecule has 0 aliphatic heterocycles. The van der Waals surface area contributed by atoms with Crippen LogP contribution in [0.5, 0.6) is 0 Å². The van der Waals surface area contributed by atoms with Crippen LogP contribution in [0, 0.1) is 10.1 Å². The second-order valence-corrected chi connectivity index (χ2v) is 8.06. The Morgan fingerprint density at radius 2 is 1.86 bits per heavy atom. The Hall–Kier alpha value is -4.79. The SMILES string of the molecule is Cn1c(-c2ccc([N+](=O)[O-])cc2)cnc1C(Cc1ccccn1)NC(=O)c1cc2ccccc2o1. The van der Waals surface area contributed by atoms with Crippen LogP contribution in [0.4, 0.5) is 5.69 Å². The van der Waals surface area contributed by atoms with E-state index in [2.05, 4.69) is 15.3 Å². The molecule has 5 aromatic rings. The van der Waals surface area contributed by atoms with Crippen molar-refractivity contribution in [3.63, 3.8) is 0 Å². The highest BCUT2D eigenvalue weighted by molar-refractivity contribution is 5.96. The number of fused-ring (bicyclic) bond motifs is 1. The molecule has 9 nitrogen and oxygen atoms in total. The summed E-state index contributed by atoms with van der Waals surface area (Å²) in [4.78, 5) is 32.7. The van der Waals surface area contributed by atoms with Crippen LogP contribution in [0.1, 0.15) is 28.1 Å². The molecule has 0 saturated heterocycles. The number of hydrogen-bond acceptors (Lipinski definition) is 6. The zero-order valence-corrected chi connectivity index (χ0v) is 18.8. The van der Waals surface area contributed by atoms with Gasteiger partial charge in [0.1, 0.15) is 11.4 Å². The summed E-state index contributed by atoms with van der Waals surface area (Å²) in [5, 5.41) is 14.9. The van der Waals surface area contributed by atoms with Crippen molar-refractivity contribution in [2.45, 2.75) is 12.5 Å². The van der Waals surface area contributed by atoms with Crippen LogP contribution in [0.25, 0.3) is 22.2 Å². The molecule has 1 atom stereocenters. The van der Waals surface area contributed by atoms with Crippen LogP contribution in [0.15, 0.2) is 89.6 Å². The fourth-order valence-electron chi connectivity index (χ4n) is 4.03. The number of nitrogens with one attached hydrogen (secondary N) is 1. The molecule has 0 spiro atoms. The van der Waals surface area contributed by atoms with E-state index in [4.69, 9.17) is 4.42 Å². The van der Waals surface area contributed by atoms with Crippen molar-refractivity contribution < 1.29 is 14.1 Å². The van der Waals surface area contributed by atoms with Crippen LogP contribution in [-0.4, -0.2) is 25.4 Å². The Labute approximate surface area is 200 Å². The van der Waals surface area contributed by atoms with Gasteiger partial charge in [-0.25, -0.2) is 4.98 Å². The lowest BCUT2D eigenvalue weighted by atomic mass is 10.1. The number of hydrogen-bond donors (Lipinski definition) is 1. The van der Waals surface area contributed by atoms with Crippen molar-refractivity contribution in [1.82, 2.24) is 19.9 Å². The molecule has 0 saturated carbocycles. The van der Waals surface area contributed by atoms with Gasteiger partial charge in [0.15, 0.2) is 5.76 Å². The molecule has 174 valence electrons. The van der Waals surface area contributed by atoms with Crippen molar-refractivity contribution in [2.24, 2.45) is 7.05 Å². The fourth-order valence-corrected chi connectivity index (χ4v) is 4.03.